The number of para-hydroxylation sites is 1. The molecule has 0 aliphatic carbocycles. The topological polar surface area (TPSA) is 32.3 Å². The van der Waals surface area contributed by atoms with Crippen LogP contribution >= 0.6 is 11.3 Å². The van der Waals surface area contributed by atoms with Crippen molar-refractivity contribution in [1.82, 2.24) is 4.90 Å². The maximum Gasteiger partial charge on any atom is 0.241 e. The minimum Gasteiger partial charge on any atom is -0.325 e. The predicted octanol–water partition coefficient (Wildman–Crippen LogP) is 3.52. The molecule has 0 aliphatic heterocycles. The highest BCUT2D eigenvalue weighted by Gasteiger charge is 2.19. The van der Waals surface area contributed by atoms with Crippen LogP contribution in [0.25, 0.3) is 0 Å². The molecule has 0 saturated heterocycles. The second kappa shape index (κ2) is 6.68. The normalized spacial score (nSPS) is 12.4. The summed E-state index contributed by atoms with van der Waals surface area (Å²) in [5.41, 5.74) is 2.13. The van der Waals surface area contributed by atoms with Crippen LogP contribution in [-0.4, -0.2) is 23.9 Å². The predicted molar refractivity (Wildman–Crippen MR) is 85.1 cm³/mol. The molecule has 2 rings (SSSR count). The second-order valence-electron chi connectivity index (χ2n) is 4.97. The molecule has 0 spiro atoms. The van der Waals surface area contributed by atoms with E-state index in [4.69, 9.17) is 0 Å². The average Bonchev–Trinajstić information content (AvgIpc) is 2.84. The molecule has 106 valence electrons. The second-order valence-corrected chi connectivity index (χ2v) is 5.97. The maximum atomic E-state index is 12.2. The molecule has 0 saturated carbocycles. The molecule has 3 nitrogen and oxygen atoms in total. The highest BCUT2D eigenvalue weighted by Crippen LogP contribution is 2.18. The van der Waals surface area contributed by atoms with Crippen LogP contribution in [0.4, 0.5) is 5.69 Å². The lowest BCUT2D eigenvalue weighted by Gasteiger charge is -2.23. The third-order valence-corrected chi connectivity index (χ3v) is 4.45. The van der Waals surface area contributed by atoms with Crippen molar-refractivity contribution in [1.29, 1.82) is 0 Å². The molecular weight excluding hydrogens is 268 g/mol. The minimum absolute atomic E-state index is 0.0212. The maximum absolute atomic E-state index is 12.2. The number of carbonyl (C=O) groups is 1. The van der Waals surface area contributed by atoms with E-state index in [9.17, 15) is 4.79 Å². The van der Waals surface area contributed by atoms with Crippen LogP contribution in [0.1, 0.15) is 17.4 Å². The van der Waals surface area contributed by atoms with Crippen LogP contribution < -0.4 is 5.32 Å². The first kappa shape index (κ1) is 14.8. The third-order valence-electron chi connectivity index (χ3n) is 3.44. The highest BCUT2D eigenvalue weighted by atomic mass is 32.1. The molecule has 0 unspecified atom stereocenters. The van der Waals surface area contributed by atoms with E-state index < -0.39 is 0 Å². The lowest BCUT2D eigenvalue weighted by atomic mass is 10.2. The van der Waals surface area contributed by atoms with Crippen molar-refractivity contribution in [3.8, 4) is 0 Å². The molecule has 0 fully saturated rings. The Kier molecular flexibility index (Phi) is 4.93. The zero-order valence-electron chi connectivity index (χ0n) is 12.1. The lowest BCUT2D eigenvalue weighted by molar-refractivity contribution is -0.120. The van der Waals surface area contributed by atoms with Gasteiger partial charge in [0.05, 0.1) is 6.04 Å². The number of nitrogens with one attached hydrogen (secondary N) is 1. The third kappa shape index (κ3) is 3.68. The Morgan fingerprint density at radius 2 is 2.00 bits per heavy atom. The molecule has 1 atom stereocenters. The van der Waals surface area contributed by atoms with E-state index in [1.165, 1.54) is 10.4 Å². The van der Waals surface area contributed by atoms with E-state index in [1.54, 1.807) is 11.3 Å². The molecule has 4 heteroatoms. The van der Waals surface area contributed by atoms with Crippen LogP contribution in [-0.2, 0) is 11.3 Å². The van der Waals surface area contributed by atoms with Gasteiger partial charge in [0.2, 0.25) is 5.91 Å². The summed E-state index contributed by atoms with van der Waals surface area (Å²) in [7, 11) is 1.98. The van der Waals surface area contributed by atoms with E-state index in [0.717, 1.165) is 12.2 Å². The summed E-state index contributed by atoms with van der Waals surface area (Å²) >= 11 is 1.74. The van der Waals surface area contributed by atoms with Gasteiger partial charge < -0.3 is 5.32 Å². The van der Waals surface area contributed by atoms with Gasteiger partial charge in [0.15, 0.2) is 0 Å². The van der Waals surface area contributed by atoms with E-state index in [2.05, 4.69) is 28.6 Å². The number of benzene rings is 1. The number of carbonyl (C=O) groups excluding carboxylic acids is 1. The van der Waals surface area contributed by atoms with E-state index in [1.807, 2.05) is 44.3 Å². The summed E-state index contributed by atoms with van der Waals surface area (Å²) in [5, 5.41) is 5.03. The van der Waals surface area contributed by atoms with Gasteiger partial charge in [-0.2, -0.15) is 0 Å². The standard InChI is InChI=1S/C16H20N2OS/c1-12-9-10-20-15(12)11-18(3)13(2)16(19)17-14-7-5-4-6-8-14/h4-10,13H,11H2,1-3H3,(H,17,19)/t13-/m0/s1. The monoisotopic (exact) mass is 288 g/mol. The number of thiophene rings is 1. The van der Waals surface area contributed by atoms with Crippen molar-refractivity contribution in [3.63, 3.8) is 0 Å². The minimum atomic E-state index is -0.170. The van der Waals surface area contributed by atoms with Gasteiger partial charge >= 0.3 is 0 Å². The SMILES string of the molecule is Cc1ccsc1CN(C)[C@@H](C)C(=O)Nc1ccccc1. The van der Waals surface area contributed by atoms with E-state index >= 15 is 0 Å². The first-order chi connectivity index (χ1) is 9.58. The van der Waals surface area contributed by atoms with Gasteiger partial charge in [0, 0.05) is 17.1 Å². The van der Waals surface area contributed by atoms with Gasteiger partial charge in [-0.1, -0.05) is 18.2 Å². The molecule has 20 heavy (non-hydrogen) atoms. The van der Waals surface area contributed by atoms with Crippen LogP contribution in [0.2, 0.25) is 0 Å². The molecule has 0 radical (unpaired) electrons. The number of hydrogen-bond acceptors (Lipinski definition) is 3. The molecule has 0 bridgehead atoms. The van der Waals surface area contributed by atoms with Gasteiger partial charge in [-0.15, -0.1) is 11.3 Å². The van der Waals surface area contributed by atoms with Crippen molar-refractivity contribution < 1.29 is 4.79 Å². The van der Waals surface area contributed by atoms with Gasteiger partial charge in [-0.3, -0.25) is 9.69 Å². The number of rotatable bonds is 5. The average molecular weight is 288 g/mol. The highest BCUT2D eigenvalue weighted by molar-refractivity contribution is 7.10. The molecular formula is C16H20N2OS. The lowest BCUT2D eigenvalue weighted by Crippen LogP contribution is -2.39. The number of nitrogens with zero attached hydrogens (tertiary/aromatic N) is 1. The van der Waals surface area contributed by atoms with Crippen molar-refractivity contribution in [2.45, 2.75) is 26.4 Å². The van der Waals surface area contributed by atoms with Crippen molar-refractivity contribution in [2.75, 3.05) is 12.4 Å². The summed E-state index contributed by atoms with van der Waals surface area (Å²) in [6, 6.07) is 11.5. The van der Waals surface area contributed by atoms with Crippen LogP contribution in [0.15, 0.2) is 41.8 Å². The molecule has 0 aliphatic rings. The zero-order valence-corrected chi connectivity index (χ0v) is 12.9. The number of hydrogen-bond donors (Lipinski definition) is 1. The smallest absolute Gasteiger partial charge is 0.241 e. The summed E-state index contributed by atoms with van der Waals surface area (Å²) in [5.74, 6) is 0.0212. The first-order valence-electron chi connectivity index (χ1n) is 6.67. The largest absolute Gasteiger partial charge is 0.325 e. The van der Waals surface area contributed by atoms with Crippen LogP contribution in [0.3, 0.4) is 0 Å². The van der Waals surface area contributed by atoms with Gasteiger partial charge in [-0.25, -0.2) is 0 Å². The Bertz CT molecular complexity index is 565. The Morgan fingerprint density at radius 3 is 2.60 bits per heavy atom. The molecule has 2 aromatic rings. The van der Waals surface area contributed by atoms with Gasteiger partial charge in [-0.05, 0) is 50.0 Å². The fourth-order valence-corrected chi connectivity index (χ4v) is 2.87. The van der Waals surface area contributed by atoms with Gasteiger partial charge in [0.25, 0.3) is 0 Å². The molecule has 1 aromatic heterocycles. The number of aryl methyl sites for hydroxylation is 1. The molecule has 1 aromatic carbocycles. The number of anilines is 1. The van der Waals surface area contributed by atoms with Crippen molar-refractivity contribution >= 4 is 22.9 Å². The first-order valence-corrected chi connectivity index (χ1v) is 7.55. The van der Waals surface area contributed by atoms with Crippen molar-refractivity contribution in [3.05, 3.63) is 52.2 Å². The fourth-order valence-electron chi connectivity index (χ4n) is 1.90. The fraction of sp³-hybridized carbons (Fsp3) is 0.312. The zero-order chi connectivity index (χ0) is 14.5. The summed E-state index contributed by atoms with van der Waals surface area (Å²) in [6.45, 7) is 4.84. The Morgan fingerprint density at radius 1 is 1.30 bits per heavy atom. The van der Waals surface area contributed by atoms with E-state index in [0.29, 0.717) is 0 Å². The summed E-state index contributed by atoms with van der Waals surface area (Å²) in [4.78, 5) is 15.6. The quantitative estimate of drug-likeness (QED) is 0.913. The molecule has 1 heterocycles. The van der Waals surface area contributed by atoms with E-state index in [-0.39, 0.29) is 11.9 Å². The summed E-state index contributed by atoms with van der Waals surface area (Å²) < 4.78 is 0. The summed E-state index contributed by atoms with van der Waals surface area (Å²) in [6.07, 6.45) is 0. The van der Waals surface area contributed by atoms with Gasteiger partial charge in [0.1, 0.15) is 0 Å². The van der Waals surface area contributed by atoms with Crippen LogP contribution in [0.5, 0.6) is 0 Å². The van der Waals surface area contributed by atoms with Crippen molar-refractivity contribution in [2.24, 2.45) is 0 Å². The molecule has 1 amide bonds. The Labute approximate surface area is 124 Å². The Balaban J connectivity index is 1.94. The number of likely N-dealkylation sites (N-methyl/N-ethyl adjacent to an activating group) is 1. The number of amides is 1. The Hall–Kier alpha value is -1.65. The van der Waals surface area contributed by atoms with Crippen LogP contribution in [0, 0.1) is 6.92 Å². The molecule has 1 N–H and O–H groups in total.